The van der Waals surface area contributed by atoms with Crippen molar-refractivity contribution in [1.29, 1.82) is 0 Å². The van der Waals surface area contributed by atoms with Crippen LogP contribution in [0.1, 0.15) is 36.6 Å². The smallest absolute Gasteiger partial charge is 0.269 e. The summed E-state index contributed by atoms with van der Waals surface area (Å²) in [6.07, 6.45) is 2.41. The van der Waals surface area contributed by atoms with Gasteiger partial charge in [-0.05, 0) is 18.4 Å². The van der Waals surface area contributed by atoms with E-state index in [4.69, 9.17) is 5.73 Å². The minimum absolute atomic E-state index is 0.0713. The molecule has 3 rings (SSSR count). The first-order chi connectivity index (χ1) is 11.5. The van der Waals surface area contributed by atoms with Gasteiger partial charge in [-0.2, -0.15) is 0 Å². The lowest BCUT2D eigenvalue weighted by Crippen LogP contribution is -2.15. The fourth-order valence-corrected chi connectivity index (χ4v) is 3.30. The quantitative estimate of drug-likeness (QED) is 0.444. The highest BCUT2D eigenvalue weighted by Gasteiger charge is 2.30. The number of hydrogen-bond donors (Lipinski definition) is 1. The van der Waals surface area contributed by atoms with Gasteiger partial charge in [-0.1, -0.05) is 23.9 Å². The summed E-state index contributed by atoms with van der Waals surface area (Å²) in [5.41, 5.74) is 6.16. The molecule has 0 unspecified atom stereocenters. The number of aromatic nitrogens is 3. The van der Waals surface area contributed by atoms with Crippen molar-refractivity contribution in [1.82, 2.24) is 14.8 Å². The Hall–Kier alpha value is -2.42. The van der Waals surface area contributed by atoms with Gasteiger partial charge in [0.05, 0.1) is 4.92 Å². The highest BCUT2D eigenvalue weighted by molar-refractivity contribution is 7.98. The van der Waals surface area contributed by atoms with Gasteiger partial charge in [0.25, 0.3) is 5.69 Å². The first kappa shape index (κ1) is 16.4. The molecular weight excluding hydrogens is 330 g/mol. The largest absolute Gasteiger partial charge is 0.370 e. The van der Waals surface area contributed by atoms with E-state index >= 15 is 0 Å². The zero-order chi connectivity index (χ0) is 17.1. The van der Waals surface area contributed by atoms with E-state index in [1.165, 1.54) is 17.8 Å². The molecule has 0 bridgehead atoms. The topological polar surface area (TPSA) is 117 Å². The Morgan fingerprint density at radius 3 is 2.88 bits per heavy atom. The predicted molar refractivity (Wildman–Crippen MR) is 88.5 cm³/mol. The molecule has 1 aliphatic carbocycles. The number of amides is 1. The molecule has 1 aromatic heterocycles. The van der Waals surface area contributed by atoms with Gasteiger partial charge in [0, 0.05) is 36.8 Å². The normalized spacial score (nSPS) is 13.8. The lowest BCUT2D eigenvalue weighted by atomic mass is 10.2. The maximum atomic E-state index is 11.1. The molecule has 24 heavy (non-hydrogen) atoms. The van der Waals surface area contributed by atoms with Gasteiger partial charge in [0.15, 0.2) is 5.16 Å². The van der Waals surface area contributed by atoms with E-state index in [-0.39, 0.29) is 18.0 Å². The molecule has 0 radical (unpaired) electrons. The van der Waals surface area contributed by atoms with Crippen molar-refractivity contribution in [3.8, 4) is 0 Å². The second kappa shape index (κ2) is 7.00. The number of rotatable bonds is 8. The SMILES string of the molecule is NC(=O)CCn1c(SCc2cccc([N+](=O)[O-])c2)nnc1C1CC1. The van der Waals surface area contributed by atoms with Crippen molar-refractivity contribution in [3.05, 3.63) is 45.8 Å². The van der Waals surface area contributed by atoms with Crippen LogP contribution >= 0.6 is 11.8 Å². The number of thioether (sulfide) groups is 1. The van der Waals surface area contributed by atoms with Crippen molar-refractivity contribution in [2.75, 3.05) is 0 Å². The molecular formula is C15H17N5O3S. The van der Waals surface area contributed by atoms with Crippen LogP contribution < -0.4 is 5.73 Å². The average molecular weight is 347 g/mol. The zero-order valence-corrected chi connectivity index (χ0v) is 13.7. The van der Waals surface area contributed by atoms with E-state index in [1.54, 1.807) is 12.1 Å². The van der Waals surface area contributed by atoms with Gasteiger partial charge < -0.3 is 10.3 Å². The lowest BCUT2D eigenvalue weighted by Gasteiger charge is -2.08. The maximum absolute atomic E-state index is 11.1. The van der Waals surface area contributed by atoms with E-state index in [0.717, 1.165) is 24.2 Å². The highest BCUT2D eigenvalue weighted by Crippen LogP contribution is 2.40. The van der Waals surface area contributed by atoms with Crippen LogP contribution in [0.15, 0.2) is 29.4 Å². The number of non-ortho nitro benzene ring substituents is 1. The summed E-state index contributed by atoms with van der Waals surface area (Å²) < 4.78 is 1.95. The predicted octanol–water partition coefficient (Wildman–Crippen LogP) is 2.23. The molecule has 1 aliphatic rings. The number of nitrogens with two attached hydrogens (primary N) is 1. The second-order valence-electron chi connectivity index (χ2n) is 5.70. The van der Waals surface area contributed by atoms with Crippen molar-refractivity contribution in [2.45, 2.75) is 42.6 Å². The zero-order valence-electron chi connectivity index (χ0n) is 12.9. The van der Waals surface area contributed by atoms with Crippen LogP contribution in [0.5, 0.6) is 0 Å². The molecule has 1 aromatic carbocycles. The number of nitrogens with zero attached hydrogens (tertiary/aromatic N) is 4. The number of benzene rings is 1. The van der Waals surface area contributed by atoms with Crippen molar-refractivity contribution >= 4 is 23.4 Å². The van der Waals surface area contributed by atoms with Gasteiger partial charge in [0.1, 0.15) is 5.82 Å². The molecule has 2 N–H and O–H groups in total. The molecule has 1 saturated carbocycles. The first-order valence-electron chi connectivity index (χ1n) is 7.62. The highest BCUT2D eigenvalue weighted by atomic mass is 32.2. The number of primary amides is 1. The maximum Gasteiger partial charge on any atom is 0.269 e. The summed E-state index contributed by atoms with van der Waals surface area (Å²) in [6, 6.07) is 6.53. The van der Waals surface area contributed by atoms with E-state index in [0.29, 0.717) is 23.4 Å². The molecule has 2 aromatic rings. The van der Waals surface area contributed by atoms with Crippen molar-refractivity contribution < 1.29 is 9.72 Å². The fraction of sp³-hybridized carbons (Fsp3) is 0.400. The molecule has 1 fully saturated rings. The molecule has 8 nitrogen and oxygen atoms in total. The summed E-state index contributed by atoms with van der Waals surface area (Å²) in [6.45, 7) is 0.464. The number of carbonyl (C=O) groups is 1. The fourth-order valence-electron chi connectivity index (χ4n) is 2.39. The van der Waals surface area contributed by atoms with Crippen molar-refractivity contribution in [3.63, 3.8) is 0 Å². The molecule has 126 valence electrons. The Labute approximate surface area is 142 Å². The second-order valence-corrected chi connectivity index (χ2v) is 6.64. The van der Waals surface area contributed by atoms with Crippen LogP contribution in [0, 0.1) is 10.1 Å². The van der Waals surface area contributed by atoms with E-state index in [9.17, 15) is 14.9 Å². The Morgan fingerprint density at radius 2 is 2.21 bits per heavy atom. The standard InChI is InChI=1S/C15H17N5O3S/c16-13(21)6-7-19-14(11-4-5-11)17-18-15(19)24-9-10-2-1-3-12(8-10)20(22)23/h1-3,8,11H,4-7,9H2,(H2,16,21). The van der Waals surface area contributed by atoms with E-state index in [2.05, 4.69) is 10.2 Å². The summed E-state index contributed by atoms with van der Waals surface area (Å²) in [5.74, 6) is 1.50. The Balaban J connectivity index is 1.73. The molecule has 0 saturated heterocycles. The number of hydrogen-bond acceptors (Lipinski definition) is 6. The van der Waals surface area contributed by atoms with E-state index < -0.39 is 4.92 Å². The lowest BCUT2D eigenvalue weighted by molar-refractivity contribution is -0.384. The molecule has 1 amide bonds. The van der Waals surface area contributed by atoms with Gasteiger partial charge >= 0.3 is 0 Å². The Kier molecular flexibility index (Phi) is 4.79. The first-order valence-corrected chi connectivity index (χ1v) is 8.60. The average Bonchev–Trinajstić information content (AvgIpc) is 3.32. The van der Waals surface area contributed by atoms with Gasteiger partial charge in [-0.25, -0.2) is 0 Å². The minimum Gasteiger partial charge on any atom is -0.370 e. The molecule has 9 heteroatoms. The summed E-state index contributed by atoms with van der Waals surface area (Å²) in [5, 5.41) is 20.0. The molecule has 1 heterocycles. The van der Waals surface area contributed by atoms with Crippen LogP contribution in [0.2, 0.25) is 0 Å². The number of nitro groups is 1. The van der Waals surface area contributed by atoms with Gasteiger partial charge in [-0.15, -0.1) is 10.2 Å². The van der Waals surface area contributed by atoms with Crippen molar-refractivity contribution in [2.24, 2.45) is 5.73 Å². The third kappa shape index (κ3) is 3.91. The van der Waals surface area contributed by atoms with E-state index in [1.807, 2.05) is 10.6 Å². The monoisotopic (exact) mass is 347 g/mol. The van der Waals surface area contributed by atoms with Crippen LogP contribution in [-0.4, -0.2) is 25.6 Å². The number of nitro benzene ring substituents is 1. The third-order valence-electron chi connectivity index (χ3n) is 3.76. The number of carbonyl (C=O) groups excluding carboxylic acids is 1. The van der Waals surface area contributed by atoms with Crippen LogP contribution in [0.3, 0.4) is 0 Å². The van der Waals surface area contributed by atoms with Crippen LogP contribution in [-0.2, 0) is 17.1 Å². The Morgan fingerprint density at radius 1 is 1.42 bits per heavy atom. The van der Waals surface area contributed by atoms with Crippen LogP contribution in [0.25, 0.3) is 0 Å². The summed E-state index contributed by atoms with van der Waals surface area (Å²) >= 11 is 1.45. The Bertz CT molecular complexity index is 772. The summed E-state index contributed by atoms with van der Waals surface area (Å²) in [4.78, 5) is 21.5. The minimum atomic E-state index is -0.408. The third-order valence-corrected chi connectivity index (χ3v) is 4.80. The molecule has 0 spiro atoms. The van der Waals surface area contributed by atoms with Crippen LogP contribution in [0.4, 0.5) is 5.69 Å². The van der Waals surface area contributed by atoms with Gasteiger partial charge in [-0.3, -0.25) is 14.9 Å². The van der Waals surface area contributed by atoms with Gasteiger partial charge in [0.2, 0.25) is 5.91 Å². The summed E-state index contributed by atoms with van der Waals surface area (Å²) in [7, 11) is 0. The molecule has 0 atom stereocenters. The molecule has 0 aliphatic heterocycles.